The molecule has 0 bridgehead atoms. The van der Waals surface area contributed by atoms with Crippen molar-refractivity contribution in [3.63, 3.8) is 0 Å². The third-order valence-electron chi connectivity index (χ3n) is 2.74. The summed E-state index contributed by atoms with van der Waals surface area (Å²) in [5.74, 6) is 0.907. The molecule has 0 atom stereocenters. The van der Waals surface area contributed by atoms with E-state index in [2.05, 4.69) is 20.7 Å². The van der Waals surface area contributed by atoms with Crippen molar-refractivity contribution >= 4 is 5.96 Å². The van der Waals surface area contributed by atoms with Crippen LogP contribution in [0.3, 0.4) is 0 Å². The lowest BCUT2D eigenvalue weighted by Crippen LogP contribution is -2.39. The molecule has 1 aromatic rings. The molecular weight excluding hydrogens is 202 g/mol. The maximum Gasteiger partial charge on any atom is 0.191 e. The van der Waals surface area contributed by atoms with E-state index in [4.69, 9.17) is 0 Å². The largest absolute Gasteiger partial charge is 0.356 e. The first-order valence-corrected chi connectivity index (χ1v) is 5.73. The fourth-order valence-corrected chi connectivity index (χ4v) is 1.57. The molecular formula is C11H19N5. The third-order valence-corrected chi connectivity index (χ3v) is 2.74. The molecule has 5 heteroatoms. The first-order chi connectivity index (χ1) is 7.79. The number of guanidine groups is 1. The van der Waals surface area contributed by atoms with Gasteiger partial charge in [-0.2, -0.15) is 5.10 Å². The molecule has 16 heavy (non-hydrogen) atoms. The van der Waals surface area contributed by atoms with E-state index >= 15 is 0 Å². The molecule has 1 aliphatic carbocycles. The molecule has 0 amide bonds. The fourth-order valence-electron chi connectivity index (χ4n) is 1.57. The van der Waals surface area contributed by atoms with E-state index in [1.165, 1.54) is 18.5 Å². The Hall–Kier alpha value is -1.52. The summed E-state index contributed by atoms with van der Waals surface area (Å²) >= 11 is 0. The van der Waals surface area contributed by atoms with Gasteiger partial charge >= 0.3 is 0 Å². The van der Waals surface area contributed by atoms with Crippen LogP contribution in [0.1, 0.15) is 18.5 Å². The second-order valence-electron chi connectivity index (χ2n) is 4.11. The molecule has 2 rings (SSSR count). The van der Waals surface area contributed by atoms with E-state index in [1.54, 1.807) is 0 Å². The summed E-state index contributed by atoms with van der Waals surface area (Å²) in [6.45, 7) is 0.881. The predicted octanol–water partition coefficient (Wildman–Crippen LogP) is 0.290. The Morgan fingerprint density at radius 2 is 2.44 bits per heavy atom. The van der Waals surface area contributed by atoms with Gasteiger partial charge in [-0.3, -0.25) is 9.67 Å². The van der Waals surface area contributed by atoms with Gasteiger partial charge in [-0.05, 0) is 18.9 Å². The lowest BCUT2D eigenvalue weighted by molar-refractivity contribution is 0.689. The van der Waals surface area contributed by atoms with Crippen LogP contribution in [0.4, 0.5) is 0 Å². The molecule has 0 radical (unpaired) electrons. The van der Waals surface area contributed by atoms with Gasteiger partial charge in [-0.1, -0.05) is 0 Å². The molecule has 1 saturated carbocycles. The topological polar surface area (TPSA) is 54.2 Å². The zero-order valence-corrected chi connectivity index (χ0v) is 9.90. The SMILES string of the molecule is CN=C(NCCc1ccnn1C)NC1CC1. The summed E-state index contributed by atoms with van der Waals surface area (Å²) in [4.78, 5) is 4.18. The van der Waals surface area contributed by atoms with Crippen molar-refractivity contribution < 1.29 is 0 Å². The van der Waals surface area contributed by atoms with Gasteiger partial charge in [0.2, 0.25) is 0 Å². The van der Waals surface area contributed by atoms with Crippen molar-refractivity contribution in [2.45, 2.75) is 25.3 Å². The number of nitrogens with zero attached hydrogens (tertiary/aromatic N) is 3. The van der Waals surface area contributed by atoms with Gasteiger partial charge in [0.25, 0.3) is 0 Å². The summed E-state index contributed by atoms with van der Waals surface area (Å²) in [6, 6.07) is 2.68. The molecule has 2 N–H and O–H groups in total. The molecule has 0 saturated heterocycles. The van der Waals surface area contributed by atoms with Crippen molar-refractivity contribution in [2.75, 3.05) is 13.6 Å². The number of hydrogen-bond acceptors (Lipinski definition) is 2. The average molecular weight is 221 g/mol. The van der Waals surface area contributed by atoms with E-state index in [0.29, 0.717) is 6.04 Å². The third kappa shape index (κ3) is 2.98. The minimum Gasteiger partial charge on any atom is -0.356 e. The molecule has 1 heterocycles. The molecule has 88 valence electrons. The molecule has 0 spiro atoms. The number of hydrogen-bond donors (Lipinski definition) is 2. The molecule has 5 nitrogen and oxygen atoms in total. The summed E-state index contributed by atoms with van der Waals surface area (Å²) in [7, 11) is 3.77. The summed E-state index contributed by atoms with van der Waals surface area (Å²) < 4.78 is 1.90. The number of aromatic nitrogens is 2. The average Bonchev–Trinajstić information content (AvgIpc) is 3.01. The standard InChI is InChI=1S/C11H19N5/c1-12-11(15-9-3-4-9)13-7-5-10-6-8-14-16(10)2/h6,8-9H,3-5,7H2,1-2H3,(H2,12,13,15). The summed E-state index contributed by atoms with van der Waals surface area (Å²) in [5.41, 5.74) is 1.23. The van der Waals surface area contributed by atoms with Gasteiger partial charge in [-0.25, -0.2) is 0 Å². The Labute approximate surface area is 95.9 Å². The maximum atomic E-state index is 4.18. The van der Waals surface area contributed by atoms with Crippen LogP contribution in [0, 0.1) is 0 Å². The number of rotatable bonds is 4. The second kappa shape index (κ2) is 5.01. The first-order valence-electron chi connectivity index (χ1n) is 5.73. The minimum absolute atomic E-state index is 0.642. The number of aliphatic imine (C=N–C) groups is 1. The normalized spacial score (nSPS) is 16.2. The van der Waals surface area contributed by atoms with Crippen LogP contribution in [-0.2, 0) is 13.5 Å². The lowest BCUT2D eigenvalue weighted by Gasteiger charge is -2.10. The Morgan fingerprint density at radius 3 is 3.00 bits per heavy atom. The van der Waals surface area contributed by atoms with Gasteiger partial charge in [0.05, 0.1) is 0 Å². The van der Waals surface area contributed by atoms with E-state index in [-0.39, 0.29) is 0 Å². The van der Waals surface area contributed by atoms with E-state index in [1.807, 2.05) is 31.0 Å². The Kier molecular flexibility index (Phi) is 3.44. The lowest BCUT2D eigenvalue weighted by atomic mass is 10.3. The monoisotopic (exact) mass is 221 g/mol. The highest BCUT2D eigenvalue weighted by molar-refractivity contribution is 5.80. The van der Waals surface area contributed by atoms with Gasteiger partial charge < -0.3 is 10.6 Å². The van der Waals surface area contributed by atoms with E-state index < -0.39 is 0 Å². The van der Waals surface area contributed by atoms with Crippen molar-refractivity contribution in [2.24, 2.45) is 12.0 Å². The van der Waals surface area contributed by atoms with Gasteiger partial charge in [-0.15, -0.1) is 0 Å². The van der Waals surface area contributed by atoms with Crippen molar-refractivity contribution in [1.29, 1.82) is 0 Å². The predicted molar refractivity (Wildman–Crippen MR) is 64.4 cm³/mol. The van der Waals surface area contributed by atoms with Crippen molar-refractivity contribution in [3.05, 3.63) is 18.0 Å². The summed E-state index contributed by atoms with van der Waals surface area (Å²) in [5, 5.41) is 10.8. The number of nitrogens with one attached hydrogen (secondary N) is 2. The van der Waals surface area contributed by atoms with Crippen LogP contribution >= 0.6 is 0 Å². The zero-order chi connectivity index (χ0) is 11.4. The molecule has 1 fully saturated rings. The quantitative estimate of drug-likeness (QED) is 0.567. The van der Waals surface area contributed by atoms with Gasteiger partial charge in [0.1, 0.15) is 0 Å². The molecule has 0 aromatic carbocycles. The Bertz CT molecular complexity index is 364. The van der Waals surface area contributed by atoms with Crippen molar-refractivity contribution in [3.8, 4) is 0 Å². The zero-order valence-electron chi connectivity index (χ0n) is 9.90. The van der Waals surface area contributed by atoms with Gasteiger partial charge in [0.15, 0.2) is 5.96 Å². The fraction of sp³-hybridized carbons (Fsp3) is 0.636. The van der Waals surface area contributed by atoms with Crippen LogP contribution < -0.4 is 10.6 Å². The smallest absolute Gasteiger partial charge is 0.191 e. The van der Waals surface area contributed by atoms with Crippen LogP contribution in [0.25, 0.3) is 0 Å². The maximum absolute atomic E-state index is 4.18. The first kappa shape index (κ1) is 11.0. The molecule has 1 aromatic heterocycles. The van der Waals surface area contributed by atoms with Crippen LogP contribution in [-0.4, -0.2) is 35.4 Å². The molecule has 0 unspecified atom stereocenters. The van der Waals surface area contributed by atoms with Crippen molar-refractivity contribution in [1.82, 2.24) is 20.4 Å². The Morgan fingerprint density at radius 1 is 1.62 bits per heavy atom. The van der Waals surface area contributed by atoms with E-state index in [9.17, 15) is 0 Å². The van der Waals surface area contributed by atoms with E-state index in [0.717, 1.165) is 18.9 Å². The van der Waals surface area contributed by atoms with Crippen LogP contribution in [0.15, 0.2) is 17.3 Å². The van der Waals surface area contributed by atoms with Gasteiger partial charge in [0, 0.05) is 45.0 Å². The minimum atomic E-state index is 0.642. The Balaban J connectivity index is 1.72. The molecule has 0 aliphatic heterocycles. The van der Waals surface area contributed by atoms with Crippen LogP contribution in [0.5, 0.6) is 0 Å². The highest BCUT2D eigenvalue weighted by Gasteiger charge is 2.21. The highest BCUT2D eigenvalue weighted by atomic mass is 15.3. The summed E-state index contributed by atoms with van der Waals surface area (Å²) in [6.07, 6.45) is 5.32. The molecule has 1 aliphatic rings. The number of aryl methyl sites for hydroxylation is 1. The second-order valence-corrected chi connectivity index (χ2v) is 4.11. The highest BCUT2D eigenvalue weighted by Crippen LogP contribution is 2.18. The van der Waals surface area contributed by atoms with Crippen LogP contribution in [0.2, 0.25) is 0 Å².